The normalized spacial score (nSPS) is 15.3. The minimum absolute atomic E-state index is 0. The molecule has 0 unspecified atom stereocenters. The van der Waals surface area contributed by atoms with Crippen molar-refractivity contribution in [3.63, 3.8) is 0 Å². The van der Waals surface area contributed by atoms with Gasteiger partial charge >= 0.3 is 0 Å². The molecule has 0 aromatic heterocycles. The smallest absolute Gasteiger partial charge is 0.251 e. The number of nitrogens with two attached hydrogens (primary N) is 1. The lowest BCUT2D eigenvalue weighted by molar-refractivity contribution is 0.0951. The van der Waals surface area contributed by atoms with E-state index in [9.17, 15) is 4.79 Å². The minimum Gasteiger partial charge on any atom is -0.399 e. The maximum atomic E-state index is 12.1. The number of carbonyl (C=O) groups excluding carboxylic acids is 1. The van der Waals surface area contributed by atoms with Gasteiger partial charge in [0.25, 0.3) is 5.91 Å². The lowest BCUT2D eigenvalue weighted by Gasteiger charge is -2.21. The summed E-state index contributed by atoms with van der Waals surface area (Å²) in [5.74, 6) is 0.883. The fourth-order valence-electron chi connectivity index (χ4n) is 3.05. The van der Waals surface area contributed by atoms with Gasteiger partial charge in [-0.05, 0) is 43.4 Å². The van der Waals surface area contributed by atoms with Gasteiger partial charge < -0.3 is 11.1 Å². The summed E-state index contributed by atoms with van der Waals surface area (Å²) in [6, 6.07) is 5.48. The molecule has 0 saturated heterocycles. The second-order valence-corrected chi connectivity index (χ2v) is 5.98. The van der Waals surface area contributed by atoms with Gasteiger partial charge in [-0.2, -0.15) is 0 Å². The van der Waals surface area contributed by atoms with Crippen molar-refractivity contribution < 1.29 is 4.79 Å². The lowest BCUT2D eigenvalue weighted by Crippen LogP contribution is -2.25. The molecule has 21 heavy (non-hydrogen) atoms. The second-order valence-electron chi connectivity index (χ2n) is 5.98. The van der Waals surface area contributed by atoms with Crippen LogP contribution < -0.4 is 11.1 Å². The molecule has 1 saturated carbocycles. The first-order chi connectivity index (χ1) is 9.66. The number of carbonyl (C=O) groups is 1. The SMILES string of the molecule is Cc1ccc(N)cc1C(=O)NCCCC1CCCCC1.Cl. The average molecular weight is 311 g/mol. The Morgan fingerprint density at radius 2 is 2.00 bits per heavy atom. The highest BCUT2D eigenvalue weighted by Crippen LogP contribution is 2.26. The van der Waals surface area contributed by atoms with E-state index in [1.54, 1.807) is 6.07 Å². The molecule has 3 N–H and O–H groups in total. The first-order valence-corrected chi connectivity index (χ1v) is 7.81. The van der Waals surface area contributed by atoms with Crippen molar-refractivity contribution >= 4 is 24.0 Å². The Balaban J connectivity index is 0.00000220. The molecule has 0 aliphatic heterocycles. The maximum absolute atomic E-state index is 12.1. The number of nitrogens with one attached hydrogen (secondary N) is 1. The molecule has 1 amide bonds. The summed E-state index contributed by atoms with van der Waals surface area (Å²) in [4.78, 5) is 12.1. The first-order valence-electron chi connectivity index (χ1n) is 7.81. The third kappa shape index (κ3) is 5.58. The monoisotopic (exact) mass is 310 g/mol. The van der Waals surface area contributed by atoms with Crippen LogP contribution in [0, 0.1) is 12.8 Å². The Bertz CT molecular complexity index is 456. The van der Waals surface area contributed by atoms with Crippen LogP contribution in [0.3, 0.4) is 0 Å². The van der Waals surface area contributed by atoms with Gasteiger partial charge in [0, 0.05) is 17.8 Å². The van der Waals surface area contributed by atoms with Gasteiger partial charge in [-0.1, -0.05) is 38.2 Å². The number of rotatable bonds is 5. The number of anilines is 1. The minimum atomic E-state index is -0.00144. The number of halogens is 1. The standard InChI is InChI=1S/C17H26N2O.ClH/c1-13-9-10-15(18)12-16(13)17(20)19-11-5-8-14-6-3-2-4-7-14;/h9-10,12,14H,2-8,11,18H2,1H3,(H,19,20);1H. The van der Waals surface area contributed by atoms with Crippen molar-refractivity contribution in [2.24, 2.45) is 5.92 Å². The average Bonchev–Trinajstić information content (AvgIpc) is 2.47. The molecule has 0 radical (unpaired) electrons. The van der Waals surface area contributed by atoms with Gasteiger partial charge in [-0.15, -0.1) is 12.4 Å². The van der Waals surface area contributed by atoms with Crippen LogP contribution in [-0.2, 0) is 0 Å². The van der Waals surface area contributed by atoms with Crippen molar-refractivity contribution in [3.8, 4) is 0 Å². The number of nitrogen functional groups attached to an aromatic ring is 1. The first kappa shape index (κ1) is 17.8. The zero-order valence-corrected chi connectivity index (χ0v) is 13.7. The molecule has 1 aromatic rings. The number of hydrogen-bond donors (Lipinski definition) is 2. The van der Waals surface area contributed by atoms with E-state index in [0.29, 0.717) is 11.3 Å². The van der Waals surface area contributed by atoms with E-state index >= 15 is 0 Å². The topological polar surface area (TPSA) is 55.1 Å². The number of aryl methyl sites for hydroxylation is 1. The predicted octanol–water partition coefficient (Wildman–Crippen LogP) is 4.09. The highest BCUT2D eigenvalue weighted by molar-refractivity contribution is 5.96. The molecule has 118 valence electrons. The number of amides is 1. The fourth-order valence-corrected chi connectivity index (χ4v) is 3.05. The van der Waals surface area contributed by atoms with E-state index in [4.69, 9.17) is 5.73 Å². The van der Waals surface area contributed by atoms with Crippen LogP contribution >= 0.6 is 12.4 Å². The summed E-state index contributed by atoms with van der Waals surface area (Å²) in [6.45, 7) is 2.71. The fraction of sp³-hybridized carbons (Fsp3) is 0.588. The summed E-state index contributed by atoms with van der Waals surface area (Å²) in [6.07, 6.45) is 9.26. The van der Waals surface area contributed by atoms with Crippen molar-refractivity contribution in [1.82, 2.24) is 5.32 Å². The molecule has 1 aliphatic carbocycles. The van der Waals surface area contributed by atoms with Gasteiger partial charge in [0.1, 0.15) is 0 Å². The molecule has 1 fully saturated rings. The van der Waals surface area contributed by atoms with E-state index in [1.807, 2.05) is 19.1 Å². The van der Waals surface area contributed by atoms with Crippen LogP contribution in [-0.4, -0.2) is 12.5 Å². The van der Waals surface area contributed by atoms with Crippen LogP contribution in [0.5, 0.6) is 0 Å². The van der Waals surface area contributed by atoms with E-state index in [-0.39, 0.29) is 18.3 Å². The molecule has 1 aromatic carbocycles. The summed E-state index contributed by atoms with van der Waals surface area (Å²) < 4.78 is 0. The van der Waals surface area contributed by atoms with Crippen LogP contribution in [0.1, 0.15) is 60.9 Å². The Morgan fingerprint density at radius 1 is 1.29 bits per heavy atom. The predicted molar refractivity (Wildman–Crippen MR) is 91.0 cm³/mol. The molecule has 4 heteroatoms. The van der Waals surface area contributed by atoms with Crippen LogP contribution in [0.2, 0.25) is 0 Å². The summed E-state index contributed by atoms with van der Waals surface area (Å²) in [5, 5.41) is 3.01. The molecular weight excluding hydrogens is 284 g/mol. The van der Waals surface area contributed by atoms with Crippen molar-refractivity contribution in [2.45, 2.75) is 51.9 Å². The number of hydrogen-bond acceptors (Lipinski definition) is 2. The largest absolute Gasteiger partial charge is 0.399 e. The Labute approximate surface area is 134 Å². The maximum Gasteiger partial charge on any atom is 0.251 e. The van der Waals surface area contributed by atoms with Crippen molar-refractivity contribution in [2.75, 3.05) is 12.3 Å². The van der Waals surface area contributed by atoms with Crippen LogP contribution in [0.4, 0.5) is 5.69 Å². The zero-order chi connectivity index (χ0) is 14.4. The van der Waals surface area contributed by atoms with Gasteiger partial charge in [0.15, 0.2) is 0 Å². The molecule has 0 spiro atoms. The quantitative estimate of drug-likeness (QED) is 0.635. The Kier molecular flexibility index (Phi) is 7.58. The van der Waals surface area contributed by atoms with Gasteiger partial charge in [0.05, 0.1) is 0 Å². The molecule has 1 aliphatic rings. The second kappa shape index (κ2) is 8.93. The third-order valence-corrected chi connectivity index (χ3v) is 4.31. The molecular formula is C17H27ClN2O. The zero-order valence-electron chi connectivity index (χ0n) is 12.9. The van der Waals surface area contributed by atoms with E-state index in [2.05, 4.69) is 5.32 Å². The highest BCUT2D eigenvalue weighted by atomic mass is 35.5. The van der Waals surface area contributed by atoms with E-state index in [1.165, 1.54) is 38.5 Å². The molecule has 2 rings (SSSR count). The van der Waals surface area contributed by atoms with Crippen LogP contribution in [0.15, 0.2) is 18.2 Å². The van der Waals surface area contributed by atoms with Gasteiger partial charge in [-0.3, -0.25) is 4.79 Å². The molecule has 3 nitrogen and oxygen atoms in total. The Hall–Kier alpha value is -1.22. The number of benzene rings is 1. The van der Waals surface area contributed by atoms with Gasteiger partial charge in [0.2, 0.25) is 0 Å². The molecule has 0 heterocycles. The molecule has 0 bridgehead atoms. The van der Waals surface area contributed by atoms with Crippen LogP contribution in [0.25, 0.3) is 0 Å². The summed E-state index contributed by atoms with van der Waals surface area (Å²) in [7, 11) is 0. The summed E-state index contributed by atoms with van der Waals surface area (Å²) >= 11 is 0. The van der Waals surface area contributed by atoms with Gasteiger partial charge in [-0.25, -0.2) is 0 Å². The van der Waals surface area contributed by atoms with E-state index in [0.717, 1.165) is 24.4 Å². The lowest BCUT2D eigenvalue weighted by atomic mass is 9.86. The molecule has 0 atom stereocenters. The van der Waals surface area contributed by atoms with E-state index < -0.39 is 0 Å². The summed E-state index contributed by atoms with van der Waals surface area (Å²) in [5.41, 5.74) is 8.05. The van der Waals surface area contributed by atoms with Crippen molar-refractivity contribution in [3.05, 3.63) is 29.3 Å². The third-order valence-electron chi connectivity index (χ3n) is 4.31. The highest BCUT2D eigenvalue weighted by Gasteiger charge is 2.13. The van der Waals surface area contributed by atoms with Crippen molar-refractivity contribution in [1.29, 1.82) is 0 Å². The Morgan fingerprint density at radius 3 is 2.71 bits per heavy atom.